The minimum atomic E-state index is -0.283. The summed E-state index contributed by atoms with van der Waals surface area (Å²) >= 11 is 3.01. The second-order valence-electron chi connectivity index (χ2n) is 5.55. The summed E-state index contributed by atoms with van der Waals surface area (Å²) in [5.74, 6) is 0.286. The highest BCUT2D eigenvalue weighted by Gasteiger charge is 2.35. The fourth-order valence-electron chi connectivity index (χ4n) is 2.77. The molecule has 0 atom stereocenters. The standard InChI is InChI=1S/C19H12INO3S/c20-17-9-8-14(24-17)10-16-18(22)21(19(23)25-16)11-13-6-3-5-12-4-1-2-7-15(12)13/h1-10H,11H2/b16-10-. The van der Waals surface area contributed by atoms with Crippen molar-refractivity contribution in [2.45, 2.75) is 6.54 Å². The third-order valence-electron chi connectivity index (χ3n) is 3.95. The summed E-state index contributed by atoms with van der Waals surface area (Å²) in [4.78, 5) is 26.6. The van der Waals surface area contributed by atoms with Crippen molar-refractivity contribution in [3.8, 4) is 0 Å². The third-order valence-corrected chi connectivity index (χ3v) is 5.44. The molecule has 1 aliphatic rings. The van der Waals surface area contributed by atoms with Crippen molar-refractivity contribution in [2.24, 2.45) is 0 Å². The van der Waals surface area contributed by atoms with E-state index < -0.39 is 0 Å². The molecule has 2 amide bonds. The molecule has 3 aromatic rings. The first-order chi connectivity index (χ1) is 12.1. The van der Waals surface area contributed by atoms with Gasteiger partial charge in [-0.3, -0.25) is 14.5 Å². The topological polar surface area (TPSA) is 50.5 Å². The number of carbonyl (C=O) groups excluding carboxylic acids is 2. The third kappa shape index (κ3) is 3.23. The molecule has 1 aliphatic heterocycles. The molecule has 0 N–H and O–H groups in total. The molecule has 0 bridgehead atoms. The summed E-state index contributed by atoms with van der Waals surface area (Å²) in [5.41, 5.74) is 0.953. The van der Waals surface area contributed by atoms with Gasteiger partial charge in [0.05, 0.1) is 11.4 Å². The number of fused-ring (bicyclic) bond motifs is 1. The number of hydrogen-bond acceptors (Lipinski definition) is 4. The lowest BCUT2D eigenvalue weighted by atomic mass is 10.0. The van der Waals surface area contributed by atoms with Gasteiger partial charge in [-0.1, -0.05) is 42.5 Å². The average Bonchev–Trinajstić information content (AvgIpc) is 3.13. The van der Waals surface area contributed by atoms with Gasteiger partial charge in [0.25, 0.3) is 11.1 Å². The van der Waals surface area contributed by atoms with E-state index in [1.165, 1.54) is 4.90 Å². The van der Waals surface area contributed by atoms with Crippen molar-refractivity contribution >= 4 is 62.3 Å². The van der Waals surface area contributed by atoms with Crippen molar-refractivity contribution in [3.63, 3.8) is 0 Å². The lowest BCUT2D eigenvalue weighted by molar-refractivity contribution is -0.123. The Hall–Kier alpha value is -2.06. The summed E-state index contributed by atoms with van der Waals surface area (Å²) in [5, 5.41) is 1.88. The molecule has 1 aromatic heterocycles. The first-order valence-electron chi connectivity index (χ1n) is 7.59. The highest BCUT2D eigenvalue weighted by molar-refractivity contribution is 14.1. The number of amides is 2. The van der Waals surface area contributed by atoms with E-state index in [1.807, 2.05) is 48.5 Å². The van der Waals surface area contributed by atoms with E-state index in [0.29, 0.717) is 10.7 Å². The minimum absolute atomic E-state index is 0.259. The van der Waals surface area contributed by atoms with E-state index in [4.69, 9.17) is 4.42 Å². The molecule has 0 unspecified atom stereocenters. The highest BCUT2D eigenvalue weighted by atomic mass is 127. The zero-order chi connectivity index (χ0) is 17.4. The molecule has 1 saturated heterocycles. The Labute approximate surface area is 162 Å². The van der Waals surface area contributed by atoms with Crippen LogP contribution in [0.1, 0.15) is 11.3 Å². The number of nitrogens with zero attached hydrogens (tertiary/aromatic N) is 1. The molecule has 1 fully saturated rings. The van der Waals surface area contributed by atoms with Gasteiger partial charge in [0.1, 0.15) is 5.76 Å². The van der Waals surface area contributed by atoms with Crippen LogP contribution in [0.3, 0.4) is 0 Å². The zero-order valence-electron chi connectivity index (χ0n) is 12.9. The van der Waals surface area contributed by atoms with E-state index in [-0.39, 0.29) is 17.7 Å². The summed E-state index contributed by atoms with van der Waals surface area (Å²) in [7, 11) is 0. The monoisotopic (exact) mass is 461 g/mol. The number of furan rings is 1. The molecule has 0 radical (unpaired) electrons. The fraction of sp³-hybridized carbons (Fsp3) is 0.0526. The highest BCUT2D eigenvalue weighted by Crippen LogP contribution is 2.34. The van der Waals surface area contributed by atoms with Gasteiger partial charge in [-0.25, -0.2) is 0 Å². The molecule has 124 valence electrons. The van der Waals surface area contributed by atoms with Crippen molar-refractivity contribution in [1.82, 2.24) is 4.90 Å². The molecule has 0 spiro atoms. The van der Waals surface area contributed by atoms with Gasteiger partial charge in [0, 0.05) is 6.08 Å². The Morgan fingerprint density at radius 3 is 2.64 bits per heavy atom. The van der Waals surface area contributed by atoms with Crippen LogP contribution in [-0.2, 0) is 11.3 Å². The van der Waals surface area contributed by atoms with Crippen molar-refractivity contribution in [3.05, 3.63) is 74.6 Å². The van der Waals surface area contributed by atoms with E-state index in [1.54, 1.807) is 12.1 Å². The minimum Gasteiger partial charge on any atom is -0.451 e. The molecule has 4 rings (SSSR count). The summed E-state index contributed by atoms with van der Waals surface area (Å²) in [6.07, 6.45) is 1.62. The molecule has 0 saturated carbocycles. The second kappa shape index (κ2) is 6.68. The maximum atomic E-state index is 12.6. The predicted octanol–water partition coefficient (Wildman–Crippen LogP) is 5.27. The van der Waals surface area contributed by atoms with Crippen LogP contribution in [0.2, 0.25) is 0 Å². The number of benzene rings is 2. The first kappa shape index (κ1) is 16.4. The lowest BCUT2D eigenvalue weighted by Crippen LogP contribution is -2.27. The lowest BCUT2D eigenvalue weighted by Gasteiger charge is -2.14. The second-order valence-corrected chi connectivity index (χ2v) is 7.60. The number of thioether (sulfide) groups is 1. The number of halogens is 1. The number of imide groups is 1. The van der Waals surface area contributed by atoms with Crippen LogP contribution in [0.25, 0.3) is 16.8 Å². The number of rotatable bonds is 3. The van der Waals surface area contributed by atoms with Crippen LogP contribution in [-0.4, -0.2) is 16.0 Å². The van der Waals surface area contributed by atoms with Gasteiger partial charge in [0.2, 0.25) is 0 Å². The van der Waals surface area contributed by atoms with Gasteiger partial charge in [0.15, 0.2) is 3.77 Å². The van der Waals surface area contributed by atoms with Crippen LogP contribution in [0.15, 0.2) is 63.9 Å². The smallest absolute Gasteiger partial charge is 0.293 e. The van der Waals surface area contributed by atoms with Gasteiger partial charge in [-0.05, 0) is 62.8 Å². The average molecular weight is 461 g/mol. The Bertz CT molecular complexity index is 1020. The van der Waals surface area contributed by atoms with Crippen molar-refractivity contribution in [2.75, 3.05) is 0 Å². The Balaban J connectivity index is 1.63. The molecule has 6 heteroatoms. The van der Waals surface area contributed by atoms with E-state index in [9.17, 15) is 9.59 Å². The van der Waals surface area contributed by atoms with Crippen molar-refractivity contribution in [1.29, 1.82) is 0 Å². The predicted molar refractivity (Wildman–Crippen MR) is 107 cm³/mol. The Morgan fingerprint density at radius 2 is 1.84 bits per heavy atom. The van der Waals surface area contributed by atoms with Crippen LogP contribution >= 0.6 is 34.4 Å². The van der Waals surface area contributed by atoms with Gasteiger partial charge < -0.3 is 4.42 Å². The number of hydrogen-bond donors (Lipinski definition) is 0. The SMILES string of the molecule is O=C1S/C(=C\c2ccc(I)o2)C(=O)N1Cc1cccc2ccccc12. The Morgan fingerprint density at radius 1 is 1.04 bits per heavy atom. The molecule has 4 nitrogen and oxygen atoms in total. The van der Waals surface area contributed by atoms with Crippen LogP contribution < -0.4 is 0 Å². The van der Waals surface area contributed by atoms with Crippen LogP contribution in [0, 0.1) is 3.77 Å². The maximum Gasteiger partial charge on any atom is 0.293 e. The summed E-state index contributed by atoms with van der Waals surface area (Å²) in [6, 6.07) is 17.5. The molecule has 0 aliphatic carbocycles. The molecule has 2 aromatic carbocycles. The molecule has 2 heterocycles. The quantitative estimate of drug-likeness (QED) is 0.394. The Kier molecular flexibility index (Phi) is 4.39. The maximum absolute atomic E-state index is 12.6. The summed E-state index contributed by atoms with van der Waals surface area (Å²) < 4.78 is 6.19. The zero-order valence-corrected chi connectivity index (χ0v) is 15.9. The first-order valence-corrected chi connectivity index (χ1v) is 9.49. The van der Waals surface area contributed by atoms with Gasteiger partial charge in [-0.2, -0.15) is 0 Å². The van der Waals surface area contributed by atoms with Crippen LogP contribution in [0.4, 0.5) is 4.79 Å². The number of carbonyl (C=O) groups is 2. The summed E-state index contributed by atoms with van der Waals surface area (Å²) in [6.45, 7) is 0.263. The van der Waals surface area contributed by atoms with Gasteiger partial charge >= 0.3 is 0 Å². The van der Waals surface area contributed by atoms with Gasteiger partial charge in [-0.15, -0.1) is 0 Å². The normalized spacial score (nSPS) is 16.4. The van der Waals surface area contributed by atoms with E-state index in [0.717, 1.165) is 31.9 Å². The fourth-order valence-corrected chi connectivity index (χ4v) is 4.02. The molecular formula is C19H12INO3S. The van der Waals surface area contributed by atoms with E-state index in [2.05, 4.69) is 22.6 Å². The molecular weight excluding hydrogens is 449 g/mol. The molecule has 25 heavy (non-hydrogen) atoms. The largest absolute Gasteiger partial charge is 0.451 e. The van der Waals surface area contributed by atoms with E-state index >= 15 is 0 Å². The van der Waals surface area contributed by atoms with Crippen molar-refractivity contribution < 1.29 is 14.0 Å². The van der Waals surface area contributed by atoms with Crippen LogP contribution in [0.5, 0.6) is 0 Å².